The van der Waals surface area contributed by atoms with E-state index in [9.17, 15) is 9.59 Å². The molecule has 0 atom stereocenters. The molecule has 4 nitrogen and oxygen atoms in total. The number of pyridine rings is 1. The fourth-order valence-electron chi connectivity index (χ4n) is 1.92. The van der Waals surface area contributed by atoms with E-state index in [-0.39, 0.29) is 5.56 Å². The highest BCUT2D eigenvalue weighted by atomic mass is 35.5. The molecule has 1 N–H and O–H groups in total. The second kappa shape index (κ2) is 4.90. The molecule has 1 aromatic carbocycles. The number of carboxylic acid groups (broad SMARTS) is 1. The van der Waals surface area contributed by atoms with E-state index in [1.165, 1.54) is 10.6 Å². The van der Waals surface area contributed by atoms with Crippen molar-refractivity contribution in [1.82, 2.24) is 4.57 Å². The van der Waals surface area contributed by atoms with E-state index in [2.05, 4.69) is 0 Å². The maximum Gasteiger partial charge on any atom is 0.341 e. The van der Waals surface area contributed by atoms with Gasteiger partial charge in [-0.05, 0) is 43.7 Å². The summed E-state index contributed by atoms with van der Waals surface area (Å²) >= 11 is 5.94. The number of carbonyl (C=O) groups is 1. The van der Waals surface area contributed by atoms with Gasteiger partial charge in [-0.2, -0.15) is 0 Å². The molecule has 98 valence electrons. The van der Waals surface area contributed by atoms with Crippen molar-refractivity contribution in [3.63, 3.8) is 0 Å². The molecule has 0 fully saturated rings. The lowest BCUT2D eigenvalue weighted by atomic mass is 10.1. The lowest BCUT2D eigenvalue weighted by Crippen LogP contribution is -2.27. The molecule has 0 spiro atoms. The van der Waals surface area contributed by atoms with E-state index >= 15 is 0 Å². The summed E-state index contributed by atoms with van der Waals surface area (Å²) in [5.41, 5.74) is 1.28. The molecule has 0 saturated carbocycles. The van der Waals surface area contributed by atoms with Gasteiger partial charge in [0.2, 0.25) is 0 Å². The Balaban J connectivity index is 2.82. The minimum absolute atomic E-state index is 0.259. The first kappa shape index (κ1) is 13.4. The molecule has 0 radical (unpaired) electrons. The highest BCUT2D eigenvalue weighted by Crippen LogP contribution is 2.19. The largest absolute Gasteiger partial charge is 0.477 e. The summed E-state index contributed by atoms with van der Waals surface area (Å²) in [5, 5.41) is 9.51. The third kappa shape index (κ3) is 2.39. The molecule has 0 aliphatic carbocycles. The normalized spacial score (nSPS) is 10.5. The van der Waals surface area contributed by atoms with Gasteiger partial charge >= 0.3 is 5.97 Å². The molecule has 5 heteroatoms. The number of carboxylic acids is 1. The topological polar surface area (TPSA) is 59.3 Å². The van der Waals surface area contributed by atoms with Crippen LogP contribution in [0.15, 0.2) is 35.1 Å². The van der Waals surface area contributed by atoms with Crippen molar-refractivity contribution in [3.8, 4) is 5.69 Å². The molecule has 0 unspecified atom stereocenters. The fraction of sp³-hybridized carbons (Fsp3) is 0.143. The molecule has 0 aliphatic rings. The minimum atomic E-state index is -1.24. The smallest absolute Gasteiger partial charge is 0.341 e. The van der Waals surface area contributed by atoms with Gasteiger partial charge < -0.3 is 5.11 Å². The van der Waals surface area contributed by atoms with Crippen molar-refractivity contribution in [2.45, 2.75) is 13.8 Å². The minimum Gasteiger partial charge on any atom is -0.477 e. The Morgan fingerprint density at radius 1 is 1.21 bits per heavy atom. The van der Waals surface area contributed by atoms with Crippen LogP contribution in [0.4, 0.5) is 0 Å². The van der Waals surface area contributed by atoms with Crippen molar-refractivity contribution >= 4 is 17.6 Å². The first-order valence-corrected chi connectivity index (χ1v) is 6.02. The highest BCUT2D eigenvalue weighted by molar-refractivity contribution is 6.30. The fourth-order valence-corrected chi connectivity index (χ4v) is 2.08. The lowest BCUT2D eigenvalue weighted by Gasteiger charge is -2.13. The van der Waals surface area contributed by atoms with Gasteiger partial charge in [-0.25, -0.2) is 4.79 Å². The van der Waals surface area contributed by atoms with Gasteiger partial charge in [-0.1, -0.05) is 17.7 Å². The Kier molecular flexibility index (Phi) is 3.44. The second-order valence-corrected chi connectivity index (χ2v) is 4.70. The van der Waals surface area contributed by atoms with Crippen LogP contribution in [-0.4, -0.2) is 15.6 Å². The first-order chi connectivity index (χ1) is 8.91. The average Bonchev–Trinajstić information content (AvgIpc) is 2.33. The van der Waals surface area contributed by atoms with Crippen LogP contribution < -0.4 is 5.56 Å². The predicted molar refractivity (Wildman–Crippen MR) is 73.5 cm³/mol. The van der Waals surface area contributed by atoms with Gasteiger partial charge in [-0.3, -0.25) is 9.36 Å². The summed E-state index contributed by atoms with van der Waals surface area (Å²) < 4.78 is 1.37. The van der Waals surface area contributed by atoms with Crippen LogP contribution in [-0.2, 0) is 0 Å². The van der Waals surface area contributed by atoms with Crippen LogP contribution in [0.25, 0.3) is 5.69 Å². The molecule has 0 amide bonds. The zero-order chi connectivity index (χ0) is 14.2. The van der Waals surface area contributed by atoms with Gasteiger partial charge in [0.05, 0.1) is 5.69 Å². The van der Waals surface area contributed by atoms with Gasteiger partial charge in [0.15, 0.2) is 0 Å². The quantitative estimate of drug-likeness (QED) is 0.918. The number of benzene rings is 1. The molecule has 0 aliphatic heterocycles. The standard InChI is InChI=1S/C14H12ClNO3/c1-8-3-5-10(15)7-12(8)16-9(2)4-6-11(13(16)17)14(18)19/h3-7H,1-2H3,(H,18,19). The average molecular weight is 278 g/mol. The predicted octanol–water partition coefficient (Wildman–Crippen LogP) is 2.81. The summed E-state index contributed by atoms with van der Waals surface area (Å²) in [5.74, 6) is -1.24. The monoisotopic (exact) mass is 277 g/mol. The number of nitrogens with zero attached hydrogens (tertiary/aromatic N) is 1. The number of hydrogen-bond donors (Lipinski definition) is 1. The van der Waals surface area contributed by atoms with Crippen LogP contribution in [0.1, 0.15) is 21.6 Å². The molecular weight excluding hydrogens is 266 g/mol. The Labute approximate surface area is 114 Å². The Morgan fingerprint density at radius 3 is 2.53 bits per heavy atom. The number of aromatic carboxylic acids is 1. The number of rotatable bonds is 2. The third-order valence-electron chi connectivity index (χ3n) is 2.92. The molecule has 0 bridgehead atoms. The molecule has 2 aromatic rings. The van der Waals surface area contributed by atoms with Crippen LogP contribution in [0, 0.1) is 13.8 Å². The van der Waals surface area contributed by atoms with Crippen molar-refractivity contribution in [1.29, 1.82) is 0 Å². The van der Waals surface area contributed by atoms with E-state index in [1.807, 2.05) is 6.92 Å². The summed E-state index contributed by atoms with van der Waals surface area (Å²) in [6.07, 6.45) is 0. The van der Waals surface area contributed by atoms with Crippen LogP contribution in [0.5, 0.6) is 0 Å². The maximum atomic E-state index is 12.2. The number of hydrogen-bond acceptors (Lipinski definition) is 2. The van der Waals surface area contributed by atoms with Crippen LogP contribution in [0.2, 0.25) is 5.02 Å². The molecule has 1 aromatic heterocycles. The molecule has 0 saturated heterocycles. The van der Waals surface area contributed by atoms with Gasteiger partial charge in [0.1, 0.15) is 5.56 Å². The van der Waals surface area contributed by atoms with Gasteiger partial charge in [0, 0.05) is 10.7 Å². The van der Waals surface area contributed by atoms with Crippen LogP contribution >= 0.6 is 11.6 Å². The highest BCUT2D eigenvalue weighted by Gasteiger charge is 2.14. The van der Waals surface area contributed by atoms with Crippen molar-refractivity contribution < 1.29 is 9.90 Å². The zero-order valence-corrected chi connectivity index (χ0v) is 11.2. The number of aryl methyl sites for hydroxylation is 2. The van der Waals surface area contributed by atoms with E-state index in [1.54, 1.807) is 31.2 Å². The molecule has 1 heterocycles. The summed E-state index contributed by atoms with van der Waals surface area (Å²) in [7, 11) is 0. The number of aromatic nitrogens is 1. The molecule has 2 rings (SSSR count). The van der Waals surface area contributed by atoms with Gasteiger partial charge in [-0.15, -0.1) is 0 Å². The maximum absolute atomic E-state index is 12.2. The van der Waals surface area contributed by atoms with Crippen LogP contribution in [0.3, 0.4) is 0 Å². The van der Waals surface area contributed by atoms with E-state index in [4.69, 9.17) is 16.7 Å². The van der Waals surface area contributed by atoms with E-state index < -0.39 is 11.5 Å². The summed E-state index contributed by atoms with van der Waals surface area (Å²) in [4.78, 5) is 23.3. The first-order valence-electron chi connectivity index (χ1n) is 5.64. The molecular formula is C14H12ClNO3. The third-order valence-corrected chi connectivity index (χ3v) is 3.15. The van der Waals surface area contributed by atoms with E-state index in [0.29, 0.717) is 16.4 Å². The van der Waals surface area contributed by atoms with Crippen molar-refractivity contribution in [2.24, 2.45) is 0 Å². The zero-order valence-electron chi connectivity index (χ0n) is 10.5. The number of halogens is 1. The van der Waals surface area contributed by atoms with E-state index in [0.717, 1.165) is 5.56 Å². The molecule has 19 heavy (non-hydrogen) atoms. The Bertz CT molecular complexity index is 719. The summed E-state index contributed by atoms with van der Waals surface area (Å²) in [6, 6.07) is 8.08. The van der Waals surface area contributed by atoms with Crippen molar-refractivity contribution in [3.05, 3.63) is 62.5 Å². The SMILES string of the molecule is Cc1ccc(Cl)cc1-n1c(C)ccc(C(=O)O)c1=O. The lowest BCUT2D eigenvalue weighted by molar-refractivity contribution is 0.0694. The van der Waals surface area contributed by atoms with Crippen molar-refractivity contribution in [2.75, 3.05) is 0 Å². The Morgan fingerprint density at radius 2 is 1.89 bits per heavy atom. The Hall–Kier alpha value is -2.07. The second-order valence-electron chi connectivity index (χ2n) is 4.26. The van der Waals surface area contributed by atoms with Gasteiger partial charge in [0.25, 0.3) is 5.56 Å². The summed E-state index contributed by atoms with van der Waals surface area (Å²) in [6.45, 7) is 3.58.